The molecule has 1 heterocycles. The quantitative estimate of drug-likeness (QED) is 0.859. The molecule has 25 heavy (non-hydrogen) atoms. The number of oxime groups is 1. The Morgan fingerprint density at radius 3 is 2.36 bits per heavy atom. The number of anilines is 1. The summed E-state index contributed by atoms with van der Waals surface area (Å²) in [6, 6.07) is 13.8. The molecule has 5 nitrogen and oxygen atoms in total. The Morgan fingerprint density at radius 1 is 1.12 bits per heavy atom. The molecular weight excluding hydrogens is 321 g/mol. The van der Waals surface area contributed by atoms with Crippen LogP contribution in [0.5, 0.6) is 0 Å². The van der Waals surface area contributed by atoms with Crippen molar-refractivity contribution in [1.29, 1.82) is 0 Å². The van der Waals surface area contributed by atoms with Gasteiger partial charge in [0.2, 0.25) is 6.10 Å². The predicted octanol–water partition coefficient (Wildman–Crippen LogP) is 3.00. The molecule has 1 amide bonds. The first-order valence-corrected chi connectivity index (χ1v) is 8.03. The van der Waals surface area contributed by atoms with Crippen LogP contribution in [0.25, 0.3) is 0 Å². The zero-order chi connectivity index (χ0) is 18.0. The molecular formula is C19H20FN3O2. The van der Waals surface area contributed by atoms with E-state index in [4.69, 9.17) is 4.84 Å². The van der Waals surface area contributed by atoms with E-state index in [9.17, 15) is 9.18 Å². The highest BCUT2D eigenvalue weighted by Crippen LogP contribution is 2.20. The molecule has 0 spiro atoms. The average Bonchev–Trinajstić information content (AvgIpc) is 2.61. The van der Waals surface area contributed by atoms with Crippen LogP contribution in [0, 0.1) is 5.82 Å². The minimum absolute atomic E-state index is 0.175. The first-order chi connectivity index (χ1) is 12.0. The number of hydrogen-bond donors (Lipinski definition) is 0. The Balaban J connectivity index is 1.91. The van der Waals surface area contributed by atoms with Crippen LogP contribution in [0.15, 0.2) is 53.7 Å². The third-order valence-electron chi connectivity index (χ3n) is 4.06. The van der Waals surface area contributed by atoms with Crippen LogP contribution >= 0.6 is 0 Å². The summed E-state index contributed by atoms with van der Waals surface area (Å²) in [6.07, 6.45) is -0.648. The van der Waals surface area contributed by atoms with Gasteiger partial charge < -0.3 is 9.74 Å². The van der Waals surface area contributed by atoms with Gasteiger partial charge in [-0.15, -0.1) is 0 Å². The summed E-state index contributed by atoms with van der Waals surface area (Å²) in [5.74, 6) is -0.0256. The molecule has 0 saturated heterocycles. The maximum absolute atomic E-state index is 13.1. The second kappa shape index (κ2) is 6.93. The topological polar surface area (TPSA) is 45.1 Å². The van der Waals surface area contributed by atoms with Gasteiger partial charge in [0.1, 0.15) is 5.82 Å². The van der Waals surface area contributed by atoms with Gasteiger partial charge in [0, 0.05) is 25.3 Å². The van der Waals surface area contributed by atoms with Crippen molar-refractivity contribution in [2.24, 2.45) is 5.16 Å². The zero-order valence-electron chi connectivity index (χ0n) is 14.4. The molecule has 2 aromatic carbocycles. The van der Waals surface area contributed by atoms with Crippen LogP contribution < -0.4 is 4.90 Å². The fourth-order valence-corrected chi connectivity index (χ4v) is 2.59. The van der Waals surface area contributed by atoms with Gasteiger partial charge >= 0.3 is 0 Å². The lowest BCUT2D eigenvalue weighted by Crippen LogP contribution is -2.46. The molecule has 0 fully saturated rings. The summed E-state index contributed by atoms with van der Waals surface area (Å²) in [7, 11) is 3.92. The van der Waals surface area contributed by atoms with E-state index >= 15 is 0 Å². The standard InChI is InChI=1S/C19H20FN3O2/c1-13-19(24)23(12-14-4-8-16(20)9-5-14)18(21-25-13)15-6-10-17(11-7-15)22(2)3/h4-11,13H,12H2,1-3H3. The van der Waals surface area contributed by atoms with Crippen molar-refractivity contribution in [2.45, 2.75) is 19.6 Å². The van der Waals surface area contributed by atoms with Crippen LogP contribution in [0.4, 0.5) is 10.1 Å². The van der Waals surface area contributed by atoms with E-state index in [0.29, 0.717) is 12.4 Å². The van der Waals surface area contributed by atoms with Crippen LogP contribution in [0.3, 0.4) is 0 Å². The van der Waals surface area contributed by atoms with Gasteiger partial charge in [-0.25, -0.2) is 4.39 Å². The highest BCUT2D eigenvalue weighted by Gasteiger charge is 2.31. The first-order valence-electron chi connectivity index (χ1n) is 8.03. The first kappa shape index (κ1) is 17.0. The second-order valence-electron chi connectivity index (χ2n) is 6.15. The molecule has 1 aliphatic heterocycles. The second-order valence-corrected chi connectivity index (χ2v) is 6.15. The minimum Gasteiger partial charge on any atom is -0.381 e. The van der Waals surface area contributed by atoms with Crippen molar-refractivity contribution < 1.29 is 14.0 Å². The van der Waals surface area contributed by atoms with E-state index in [-0.39, 0.29) is 11.7 Å². The number of halogens is 1. The SMILES string of the molecule is CC1ON=C(c2ccc(N(C)C)cc2)N(Cc2ccc(F)cc2)C1=O. The average molecular weight is 341 g/mol. The van der Waals surface area contributed by atoms with Crippen LogP contribution in [-0.2, 0) is 16.2 Å². The molecule has 0 radical (unpaired) electrons. The molecule has 0 N–H and O–H groups in total. The molecule has 130 valence electrons. The van der Waals surface area contributed by atoms with Crippen LogP contribution in [0.2, 0.25) is 0 Å². The number of hydrogen-bond acceptors (Lipinski definition) is 4. The van der Waals surface area contributed by atoms with Gasteiger partial charge in [-0.1, -0.05) is 17.3 Å². The number of amidine groups is 1. The smallest absolute Gasteiger partial charge is 0.272 e. The third-order valence-corrected chi connectivity index (χ3v) is 4.06. The van der Waals surface area contributed by atoms with E-state index < -0.39 is 6.10 Å². The molecule has 2 aromatic rings. The molecule has 6 heteroatoms. The van der Waals surface area contributed by atoms with Crippen LogP contribution in [0.1, 0.15) is 18.1 Å². The van der Waals surface area contributed by atoms with E-state index in [1.54, 1.807) is 24.0 Å². The van der Waals surface area contributed by atoms with E-state index in [2.05, 4.69) is 5.16 Å². The molecule has 0 bridgehead atoms. The molecule has 0 aromatic heterocycles. The number of carbonyl (C=O) groups is 1. The maximum atomic E-state index is 13.1. The van der Waals surface area contributed by atoms with Crippen LogP contribution in [-0.4, -0.2) is 36.8 Å². The Bertz CT molecular complexity index is 785. The molecule has 0 aliphatic carbocycles. The van der Waals surface area contributed by atoms with Crippen molar-refractivity contribution in [1.82, 2.24) is 4.90 Å². The van der Waals surface area contributed by atoms with Gasteiger partial charge in [-0.05, 0) is 48.9 Å². The molecule has 3 rings (SSSR count). The van der Waals surface area contributed by atoms with Crippen molar-refractivity contribution in [3.8, 4) is 0 Å². The summed E-state index contributed by atoms with van der Waals surface area (Å²) < 4.78 is 13.1. The summed E-state index contributed by atoms with van der Waals surface area (Å²) in [6.45, 7) is 1.97. The van der Waals surface area contributed by atoms with Crippen molar-refractivity contribution >= 4 is 17.4 Å². The Hall–Kier alpha value is -2.89. The number of carbonyl (C=O) groups excluding carboxylic acids is 1. The third kappa shape index (κ3) is 3.63. The molecule has 1 aliphatic rings. The Morgan fingerprint density at radius 2 is 1.76 bits per heavy atom. The fraction of sp³-hybridized carbons (Fsp3) is 0.263. The monoisotopic (exact) mass is 341 g/mol. The van der Waals surface area contributed by atoms with E-state index in [1.165, 1.54) is 12.1 Å². The van der Waals surface area contributed by atoms with Crippen molar-refractivity contribution in [3.05, 3.63) is 65.5 Å². The lowest BCUT2D eigenvalue weighted by Gasteiger charge is -2.30. The summed E-state index contributed by atoms with van der Waals surface area (Å²) in [5, 5.41) is 4.13. The summed E-state index contributed by atoms with van der Waals surface area (Å²) in [4.78, 5) is 21.4. The Labute approximate surface area is 146 Å². The molecule has 0 saturated carbocycles. The van der Waals surface area contributed by atoms with E-state index in [0.717, 1.165) is 16.8 Å². The predicted molar refractivity (Wildman–Crippen MR) is 94.8 cm³/mol. The highest BCUT2D eigenvalue weighted by atomic mass is 19.1. The minimum atomic E-state index is -0.648. The van der Waals surface area contributed by atoms with Crippen molar-refractivity contribution in [2.75, 3.05) is 19.0 Å². The fourth-order valence-electron chi connectivity index (χ4n) is 2.59. The largest absolute Gasteiger partial charge is 0.381 e. The maximum Gasteiger partial charge on any atom is 0.272 e. The highest BCUT2D eigenvalue weighted by molar-refractivity contribution is 6.09. The van der Waals surface area contributed by atoms with Gasteiger partial charge in [0.05, 0.1) is 6.54 Å². The zero-order valence-corrected chi connectivity index (χ0v) is 14.4. The van der Waals surface area contributed by atoms with Crippen molar-refractivity contribution in [3.63, 3.8) is 0 Å². The summed E-state index contributed by atoms with van der Waals surface area (Å²) >= 11 is 0. The summed E-state index contributed by atoms with van der Waals surface area (Å²) in [5.41, 5.74) is 2.65. The van der Waals surface area contributed by atoms with Gasteiger partial charge in [-0.2, -0.15) is 0 Å². The Kier molecular flexibility index (Phi) is 4.70. The van der Waals surface area contributed by atoms with Gasteiger partial charge in [-0.3, -0.25) is 9.69 Å². The van der Waals surface area contributed by atoms with Gasteiger partial charge in [0.25, 0.3) is 5.91 Å². The number of amides is 1. The van der Waals surface area contributed by atoms with Gasteiger partial charge in [0.15, 0.2) is 5.84 Å². The molecule has 1 unspecified atom stereocenters. The molecule has 1 atom stereocenters. The normalized spacial score (nSPS) is 17.1. The number of nitrogens with zero attached hydrogens (tertiary/aromatic N) is 3. The number of rotatable bonds is 4. The lowest BCUT2D eigenvalue weighted by atomic mass is 10.1. The number of benzene rings is 2. The lowest BCUT2D eigenvalue weighted by molar-refractivity contribution is -0.142. The van der Waals surface area contributed by atoms with E-state index in [1.807, 2.05) is 43.3 Å².